The third-order valence-corrected chi connectivity index (χ3v) is 6.82. The van der Waals surface area contributed by atoms with Gasteiger partial charge in [-0.2, -0.15) is 0 Å². The summed E-state index contributed by atoms with van der Waals surface area (Å²) in [7, 11) is 4.05. The molecule has 4 aromatic rings. The monoisotopic (exact) mass is 546 g/mol. The van der Waals surface area contributed by atoms with Crippen molar-refractivity contribution in [1.29, 1.82) is 0 Å². The van der Waals surface area contributed by atoms with Gasteiger partial charge in [0, 0.05) is 19.5 Å². The molecule has 5 nitrogen and oxygen atoms in total. The van der Waals surface area contributed by atoms with Crippen LogP contribution in [-0.4, -0.2) is 43.8 Å². The molecule has 0 spiro atoms. The Balaban J connectivity index is 1.56. The molecule has 0 heterocycles. The van der Waals surface area contributed by atoms with E-state index in [2.05, 4.69) is 46.6 Å². The molecular weight excluding hydrogens is 508 g/mol. The van der Waals surface area contributed by atoms with Crippen LogP contribution in [0.1, 0.15) is 41.5 Å². The van der Waals surface area contributed by atoms with Crippen molar-refractivity contribution >= 4 is 22.8 Å². The Labute approximate surface area is 243 Å². The topological polar surface area (TPSA) is 58.6 Å². The van der Waals surface area contributed by atoms with Crippen molar-refractivity contribution in [3.8, 4) is 5.75 Å². The number of benzene rings is 4. The zero-order valence-corrected chi connectivity index (χ0v) is 23.9. The highest BCUT2D eigenvalue weighted by Crippen LogP contribution is 2.36. The Hall–Kier alpha value is -4.48. The first kappa shape index (κ1) is 29.5. The Morgan fingerprint density at radius 2 is 1.24 bits per heavy atom. The Bertz CT molecular complexity index is 1410. The van der Waals surface area contributed by atoms with Gasteiger partial charge >= 0.3 is 0 Å². The van der Waals surface area contributed by atoms with Gasteiger partial charge in [-0.25, -0.2) is 0 Å². The van der Waals surface area contributed by atoms with Gasteiger partial charge in [-0.05, 0) is 72.5 Å². The fraction of sp³-hybridized carbons (Fsp3) is 0.222. The highest BCUT2D eigenvalue weighted by Gasteiger charge is 2.17. The number of carbonyl (C=O) groups excluding carboxylic acids is 2. The summed E-state index contributed by atoms with van der Waals surface area (Å²) < 4.78 is 5.93. The number of carbonyl (C=O) groups is 2. The van der Waals surface area contributed by atoms with Gasteiger partial charge in [0.2, 0.25) is 5.78 Å². The van der Waals surface area contributed by atoms with Gasteiger partial charge in [0.1, 0.15) is 12.4 Å². The van der Waals surface area contributed by atoms with Crippen LogP contribution in [0, 0.1) is 0 Å². The van der Waals surface area contributed by atoms with Crippen LogP contribution in [0.15, 0.2) is 115 Å². The molecule has 4 aromatic carbocycles. The predicted octanol–water partition coefficient (Wildman–Crippen LogP) is 6.64. The van der Waals surface area contributed by atoms with E-state index >= 15 is 0 Å². The molecule has 41 heavy (non-hydrogen) atoms. The van der Waals surface area contributed by atoms with Crippen LogP contribution in [0.5, 0.6) is 5.75 Å². The van der Waals surface area contributed by atoms with Gasteiger partial charge in [-0.15, -0.1) is 0 Å². The first-order valence-corrected chi connectivity index (χ1v) is 14.1. The Morgan fingerprint density at radius 3 is 1.85 bits per heavy atom. The largest absolute Gasteiger partial charge is 0.492 e. The summed E-state index contributed by atoms with van der Waals surface area (Å²) in [5.74, 6) is -0.0996. The Morgan fingerprint density at radius 1 is 0.683 bits per heavy atom. The second-order valence-corrected chi connectivity index (χ2v) is 10.2. The summed E-state index contributed by atoms with van der Waals surface area (Å²) in [6, 6.07) is 38.4. The van der Waals surface area contributed by atoms with Crippen LogP contribution in [0.2, 0.25) is 0 Å². The van der Waals surface area contributed by atoms with E-state index in [-0.39, 0.29) is 6.42 Å². The minimum absolute atomic E-state index is 0.178. The zero-order valence-electron chi connectivity index (χ0n) is 23.9. The molecule has 0 aliphatic rings. The summed E-state index contributed by atoms with van der Waals surface area (Å²) in [6.07, 6.45) is 1.38. The number of allylic oxidation sites excluding steroid dienone is 1. The van der Waals surface area contributed by atoms with Gasteiger partial charge in [0.15, 0.2) is 0 Å². The SMILES string of the molecule is CN(C)CCOc1ccc(/C(=C(/CCCC(=O)C(=O)NCc2ccccc2)c2ccccc2)c2ccccc2)cc1. The maximum atomic E-state index is 12.7. The molecule has 0 unspecified atom stereocenters. The lowest BCUT2D eigenvalue weighted by molar-refractivity contribution is -0.138. The molecule has 0 aliphatic carbocycles. The number of amides is 1. The number of Topliss-reactive ketones (excluding diaryl/α,β-unsaturated/α-hetero) is 1. The first-order chi connectivity index (χ1) is 20.0. The van der Waals surface area contributed by atoms with Crippen molar-refractivity contribution in [2.24, 2.45) is 0 Å². The molecule has 0 atom stereocenters. The van der Waals surface area contributed by atoms with Gasteiger partial charge in [0.05, 0.1) is 0 Å². The molecular formula is C36H38N2O3. The summed E-state index contributed by atoms with van der Waals surface area (Å²) >= 11 is 0. The van der Waals surface area contributed by atoms with Crippen molar-refractivity contribution in [1.82, 2.24) is 10.2 Å². The number of ether oxygens (including phenoxy) is 1. The summed E-state index contributed by atoms with van der Waals surface area (Å²) in [5.41, 5.74) is 6.47. The molecule has 0 saturated heterocycles. The quantitative estimate of drug-likeness (QED) is 0.142. The number of hydrogen-bond acceptors (Lipinski definition) is 4. The van der Waals surface area contributed by atoms with Crippen LogP contribution < -0.4 is 10.1 Å². The maximum Gasteiger partial charge on any atom is 0.287 e. The molecule has 1 amide bonds. The van der Waals surface area contributed by atoms with E-state index in [9.17, 15) is 9.59 Å². The van der Waals surface area contributed by atoms with Crippen LogP contribution in [0.3, 0.4) is 0 Å². The van der Waals surface area contributed by atoms with E-state index in [1.807, 2.05) is 93.0 Å². The molecule has 0 fully saturated rings. The molecule has 0 aromatic heterocycles. The van der Waals surface area contributed by atoms with Crippen molar-refractivity contribution in [2.75, 3.05) is 27.2 Å². The lowest BCUT2D eigenvalue weighted by Crippen LogP contribution is -2.30. The van der Waals surface area contributed by atoms with E-state index in [4.69, 9.17) is 4.74 Å². The van der Waals surface area contributed by atoms with Crippen LogP contribution >= 0.6 is 0 Å². The number of rotatable bonds is 14. The van der Waals surface area contributed by atoms with Crippen molar-refractivity contribution in [2.45, 2.75) is 25.8 Å². The summed E-state index contributed by atoms with van der Waals surface area (Å²) in [5, 5.41) is 2.75. The van der Waals surface area contributed by atoms with Crippen LogP contribution in [-0.2, 0) is 16.1 Å². The fourth-order valence-corrected chi connectivity index (χ4v) is 4.65. The van der Waals surface area contributed by atoms with E-state index in [0.29, 0.717) is 26.0 Å². The molecule has 5 heteroatoms. The molecule has 210 valence electrons. The molecule has 0 radical (unpaired) electrons. The van der Waals surface area contributed by atoms with Gasteiger partial charge in [0.25, 0.3) is 5.91 Å². The summed E-state index contributed by atoms with van der Waals surface area (Å²) in [6.45, 7) is 1.81. The van der Waals surface area contributed by atoms with Crippen LogP contribution in [0.4, 0.5) is 0 Å². The van der Waals surface area contributed by atoms with Crippen LogP contribution in [0.25, 0.3) is 11.1 Å². The van der Waals surface area contributed by atoms with E-state index < -0.39 is 11.7 Å². The third-order valence-electron chi connectivity index (χ3n) is 6.82. The van der Waals surface area contributed by atoms with E-state index in [0.717, 1.165) is 45.7 Å². The number of ketones is 1. The fourth-order valence-electron chi connectivity index (χ4n) is 4.65. The number of nitrogens with one attached hydrogen (secondary N) is 1. The molecule has 0 aliphatic heterocycles. The molecule has 0 saturated carbocycles. The van der Waals surface area contributed by atoms with Gasteiger partial charge in [-0.1, -0.05) is 103 Å². The molecule has 0 bridgehead atoms. The van der Waals surface area contributed by atoms with Gasteiger partial charge in [-0.3, -0.25) is 9.59 Å². The highest BCUT2D eigenvalue weighted by atomic mass is 16.5. The lowest BCUT2D eigenvalue weighted by Gasteiger charge is -2.18. The van der Waals surface area contributed by atoms with Gasteiger partial charge < -0.3 is 15.0 Å². The summed E-state index contributed by atoms with van der Waals surface area (Å²) in [4.78, 5) is 27.3. The molecule has 4 rings (SSSR count). The van der Waals surface area contributed by atoms with Crippen molar-refractivity contribution in [3.63, 3.8) is 0 Å². The Kier molecular flexibility index (Phi) is 11.0. The average Bonchev–Trinajstić information content (AvgIpc) is 3.01. The lowest BCUT2D eigenvalue weighted by atomic mass is 9.87. The van der Waals surface area contributed by atoms with E-state index in [1.54, 1.807) is 0 Å². The first-order valence-electron chi connectivity index (χ1n) is 14.1. The molecule has 1 N–H and O–H groups in total. The number of hydrogen-bond donors (Lipinski definition) is 1. The zero-order chi connectivity index (χ0) is 28.9. The van der Waals surface area contributed by atoms with Crippen molar-refractivity contribution < 1.29 is 14.3 Å². The standard InChI is InChI=1S/C36H38N2O3/c1-38(2)25-26-41-32-23-21-31(22-24-32)35(30-17-10-5-11-18-30)33(29-15-8-4-9-16-29)19-12-20-34(39)36(40)37-27-28-13-6-3-7-14-28/h3-11,13-18,21-24H,12,19-20,25-27H2,1-2H3,(H,37,40)/b35-33-. The third kappa shape index (κ3) is 9.02. The normalized spacial score (nSPS) is 11.6. The second-order valence-electron chi connectivity index (χ2n) is 10.2. The number of nitrogens with zero attached hydrogens (tertiary/aromatic N) is 1. The average molecular weight is 547 g/mol. The minimum Gasteiger partial charge on any atom is -0.492 e. The smallest absolute Gasteiger partial charge is 0.287 e. The maximum absolute atomic E-state index is 12.7. The predicted molar refractivity (Wildman–Crippen MR) is 166 cm³/mol. The van der Waals surface area contributed by atoms with Crippen molar-refractivity contribution in [3.05, 3.63) is 138 Å². The highest BCUT2D eigenvalue weighted by molar-refractivity contribution is 6.36. The minimum atomic E-state index is -0.535. The second kappa shape index (κ2) is 15.3. The number of likely N-dealkylation sites (N-methyl/N-ethyl adjacent to an activating group) is 1. The van der Waals surface area contributed by atoms with E-state index in [1.165, 1.54) is 0 Å².